The minimum Gasteiger partial charge on any atom is -0.458 e. The Morgan fingerprint density at radius 2 is 2.10 bits per heavy atom. The van der Waals surface area contributed by atoms with Crippen LogP contribution in [0.25, 0.3) is 0 Å². The first kappa shape index (κ1) is 6.04. The van der Waals surface area contributed by atoms with Gasteiger partial charge in [-0.15, -0.1) is 0 Å². The van der Waals surface area contributed by atoms with Gasteiger partial charge in [0.15, 0.2) is 0 Å². The first-order chi connectivity index (χ1) is 4.97. The third-order valence-electron chi connectivity index (χ3n) is 1.91. The quantitative estimate of drug-likeness (QED) is 0.579. The van der Waals surface area contributed by atoms with Crippen molar-refractivity contribution >= 4 is 0 Å². The zero-order chi connectivity index (χ0) is 6.81. The normalized spacial score (nSPS) is 32.2. The maximum Gasteiger partial charge on any atom is 0.254 e. The van der Waals surface area contributed by atoms with Crippen molar-refractivity contribution in [1.82, 2.24) is 5.32 Å². The molecule has 1 fully saturated rings. The standard InChI is InChI=1S/C7H11NO2/c1-2-6(8-3-1)7-9-4-5-10-7/h4-8H,1-3H2. The highest BCUT2D eigenvalue weighted by Gasteiger charge is 2.27. The fraction of sp³-hybridized carbons (Fsp3) is 0.714. The summed E-state index contributed by atoms with van der Waals surface area (Å²) in [6, 6.07) is 0.398. The molecule has 0 aromatic heterocycles. The van der Waals surface area contributed by atoms with Crippen molar-refractivity contribution in [1.29, 1.82) is 0 Å². The molecule has 2 rings (SSSR count). The highest BCUT2D eigenvalue weighted by atomic mass is 16.7. The number of rotatable bonds is 1. The summed E-state index contributed by atoms with van der Waals surface area (Å²) < 4.78 is 10.3. The van der Waals surface area contributed by atoms with Crippen LogP contribution in [-0.4, -0.2) is 18.9 Å². The summed E-state index contributed by atoms with van der Waals surface area (Å²) in [5.74, 6) is 0. The van der Waals surface area contributed by atoms with Crippen LogP contribution in [0.3, 0.4) is 0 Å². The molecule has 0 radical (unpaired) electrons. The van der Waals surface area contributed by atoms with Crippen LogP contribution >= 0.6 is 0 Å². The second-order valence-corrected chi connectivity index (χ2v) is 2.62. The Bertz CT molecular complexity index is 133. The van der Waals surface area contributed by atoms with E-state index >= 15 is 0 Å². The van der Waals surface area contributed by atoms with Gasteiger partial charge in [0.25, 0.3) is 6.29 Å². The van der Waals surface area contributed by atoms with Crippen molar-refractivity contribution in [3.63, 3.8) is 0 Å². The van der Waals surface area contributed by atoms with E-state index in [1.165, 1.54) is 6.42 Å². The topological polar surface area (TPSA) is 30.5 Å². The van der Waals surface area contributed by atoms with Crippen molar-refractivity contribution in [2.24, 2.45) is 0 Å². The summed E-state index contributed by atoms with van der Waals surface area (Å²) in [7, 11) is 0. The molecule has 1 atom stereocenters. The molecule has 10 heavy (non-hydrogen) atoms. The van der Waals surface area contributed by atoms with Crippen LogP contribution in [0.4, 0.5) is 0 Å². The van der Waals surface area contributed by atoms with Gasteiger partial charge in [0.1, 0.15) is 12.5 Å². The minimum absolute atomic E-state index is 0.0671. The van der Waals surface area contributed by atoms with E-state index in [4.69, 9.17) is 9.47 Å². The van der Waals surface area contributed by atoms with E-state index in [2.05, 4.69) is 5.32 Å². The first-order valence-corrected chi connectivity index (χ1v) is 3.66. The zero-order valence-electron chi connectivity index (χ0n) is 5.75. The fourth-order valence-electron chi connectivity index (χ4n) is 1.38. The molecular formula is C7H11NO2. The molecule has 0 amide bonds. The average molecular weight is 141 g/mol. The van der Waals surface area contributed by atoms with Gasteiger partial charge < -0.3 is 14.8 Å². The van der Waals surface area contributed by atoms with Gasteiger partial charge in [-0.2, -0.15) is 0 Å². The summed E-state index contributed by atoms with van der Waals surface area (Å²) in [6.45, 7) is 1.09. The van der Waals surface area contributed by atoms with Gasteiger partial charge in [-0.1, -0.05) is 0 Å². The van der Waals surface area contributed by atoms with Crippen molar-refractivity contribution in [2.45, 2.75) is 25.2 Å². The number of ether oxygens (including phenoxy) is 2. The van der Waals surface area contributed by atoms with Crippen molar-refractivity contribution in [2.75, 3.05) is 6.54 Å². The molecule has 2 aliphatic heterocycles. The van der Waals surface area contributed by atoms with E-state index < -0.39 is 0 Å². The number of nitrogens with one attached hydrogen (secondary N) is 1. The molecule has 0 spiro atoms. The second kappa shape index (κ2) is 2.50. The zero-order valence-corrected chi connectivity index (χ0v) is 5.75. The summed E-state index contributed by atoms with van der Waals surface area (Å²) in [6.07, 6.45) is 5.53. The van der Waals surface area contributed by atoms with Gasteiger partial charge in [-0.3, -0.25) is 0 Å². The molecule has 56 valence electrons. The molecule has 3 heteroatoms. The number of hydrogen-bond acceptors (Lipinski definition) is 3. The van der Waals surface area contributed by atoms with E-state index in [-0.39, 0.29) is 6.29 Å². The van der Waals surface area contributed by atoms with E-state index in [0.29, 0.717) is 6.04 Å². The smallest absolute Gasteiger partial charge is 0.254 e. The monoisotopic (exact) mass is 141 g/mol. The Morgan fingerprint density at radius 3 is 2.70 bits per heavy atom. The molecule has 0 aromatic rings. The van der Waals surface area contributed by atoms with Gasteiger partial charge in [0.05, 0.1) is 6.04 Å². The van der Waals surface area contributed by atoms with Crippen molar-refractivity contribution < 1.29 is 9.47 Å². The molecule has 0 aromatic carbocycles. The molecule has 0 aliphatic carbocycles. The Hall–Kier alpha value is -0.700. The molecule has 2 heterocycles. The van der Waals surface area contributed by atoms with Crippen LogP contribution in [-0.2, 0) is 9.47 Å². The lowest BCUT2D eigenvalue weighted by Crippen LogP contribution is -2.35. The molecule has 1 unspecified atom stereocenters. The maximum absolute atomic E-state index is 5.17. The number of hydrogen-bond donors (Lipinski definition) is 1. The predicted octanol–water partition coefficient (Wildman–Crippen LogP) is 0.583. The Labute approximate surface area is 60.0 Å². The van der Waals surface area contributed by atoms with Crippen LogP contribution in [0.1, 0.15) is 12.8 Å². The van der Waals surface area contributed by atoms with Crippen LogP contribution in [0.5, 0.6) is 0 Å². The molecule has 3 nitrogen and oxygen atoms in total. The van der Waals surface area contributed by atoms with E-state index in [1.54, 1.807) is 12.5 Å². The Balaban J connectivity index is 1.87. The fourth-order valence-corrected chi connectivity index (χ4v) is 1.38. The van der Waals surface area contributed by atoms with E-state index in [0.717, 1.165) is 13.0 Å². The summed E-state index contributed by atoms with van der Waals surface area (Å²) >= 11 is 0. The van der Waals surface area contributed by atoms with Gasteiger partial charge in [0.2, 0.25) is 0 Å². The lowest BCUT2D eigenvalue weighted by molar-refractivity contribution is -0.0455. The lowest BCUT2D eigenvalue weighted by atomic mass is 10.2. The minimum atomic E-state index is -0.0671. The van der Waals surface area contributed by atoms with Crippen molar-refractivity contribution in [3.8, 4) is 0 Å². The highest BCUT2D eigenvalue weighted by molar-refractivity contribution is 4.83. The highest BCUT2D eigenvalue weighted by Crippen LogP contribution is 2.16. The Morgan fingerprint density at radius 1 is 1.30 bits per heavy atom. The van der Waals surface area contributed by atoms with E-state index in [9.17, 15) is 0 Å². The van der Waals surface area contributed by atoms with Crippen LogP contribution in [0, 0.1) is 0 Å². The molecule has 1 saturated heterocycles. The van der Waals surface area contributed by atoms with Gasteiger partial charge in [0, 0.05) is 0 Å². The SMILES string of the molecule is C1=COC(C2CCCN2)O1. The maximum atomic E-state index is 5.17. The lowest BCUT2D eigenvalue weighted by Gasteiger charge is -2.16. The Kier molecular flexibility index (Phi) is 1.51. The molecule has 1 N–H and O–H groups in total. The summed E-state index contributed by atoms with van der Waals surface area (Å²) in [5, 5.41) is 3.31. The van der Waals surface area contributed by atoms with Gasteiger partial charge in [-0.05, 0) is 19.4 Å². The van der Waals surface area contributed by atoms with Crippen molar-refractivity contribution in [3.05, 3.63) is 12.5 Å². The summed E-state index contributed by atoms with van der Waals surface area (Å²) in [5.41, 5.74) is 0. The van der Waals surface area contributed by atoms with Crippen LogP contribution < -0.4 is 5.32 Å². The summed E-state index contributed by atoms with van der Waals surface area (Å²) in [4.78, 5) is 0. The molecule has 0 saturated carbocycles. The van der Waals surface area contributed by atoms with Gasteiger partial charge in [-0.25, -0.2) is 0 Å². The molecule has 2 aliphatic rings. The second-order valence-electron chi connectivity index (χ2n) is 2.62. The predicted molar refractivity (Wildman–Crippen MR) is 36.1 cm³/mol. The van der Waals surface area contributed by atoms with Gasteiger partial charge >= 0.3 is 0 Å². The van der Waals surface area contributed by atoms with Crippen LogP contribution in [0.15, 0.2) is 12.5 Å². The molecule has 0 bridgehead atoms. The third kappa shape index (κ3) is 0.968. The third-order valence-corrected chi connectivity index (χ3v) is 1.91. The molecular weight excluding hydrogens is 130 g/mol. The van der Waals surface area contributed by atoms with E-state index in [1.807, 2.05) is 0 Å². The largest absolute Gasteiger partial charge is 0.458 e. The average Bonchev–Trinajstić information content (AvgIpc) is 2.59. The van der Waals surface area contributed by atoms with Crippen LogP contribution in [0.2, 0.25) is 0 Å². The first-order valence-electron chi connectivity index (χ1n) is 3.66.